The Morgan fingerprint density at radius 2 is 2.17 bits per heavy atom. The molecule has 0 unspecified atom stereocenters. The van der Waals surface area contributed by atoms with Crippen LogP contribution in [0.25, 0.3) is 0 Å². The Balaban J connectivity index is 1.81. The highest BCUT2D eigenvalue weighted by Crippen LogP contribution is 2.43. The summed E-state index contributed by atoms with van der Waals surface area (Å²) in [5, 5.41) is 14.1. The molecular formula is C15H24N4O4S. The van der Waals surface area contributed by atoms with Gasteiger partial charge in [-0.2, -0.15) is 5.10 Å². The fourth-order valence-corrected chi connectivity index (χ4v) is 4.84. The summed E-state index contributed by atoms with van der Waals surface area (Å²) < 4.78 is 26.7. The monoisotopic (exact) mass is 356 g/mol. The van der Waals surface area contributed by atoms with E-state index in [4.69, 9.17) is 0 Å². The summed E-state index contributed by atoms with van der Waals surface area (Å²) >= 11 is 0. The van der Waals surface area contributed by atoms with E-state index in [1.165, 1.54) is 10.6 Å². The number of hydrogen-bond donors (Lipinski definition) is 1. The summed E-state index contributed by atoms with van der Waals surface area (Å²) in [5.74, 6) is -0.147. The average molecular weight is 356 g/mol. The molecule has 1 aromatic heterocycles. The number of piperidine rings is 1. The number of aryl methyl sites for hydroxylation is 2. The molecule has 0 saturated carbocycles. The molecule has 8 nitrogen and oxygen atoms in total. The average Bonchev–Trinajstić information content (AvgIpc) is 3.05. The van der Waals surface area contributed by atoms with Crippen molar-refractivity contribution in [2.24, 2.45) is 18.4 Å². The van der Waals surface area contributed by atoms with Crippen LogP contribution < -0.4 is 0 Å². The van der Waals surface area contributed by atoms with E-state index in [2.05, 4.69) is 5.10 Å². The van der Waals surface area contributed by atoms with Gasteiger partial charge in [0.15, 0.2) is 0 Å². The zero-order chi connectivity index (χ0) is 17.7. The highest BCUT2D eigenvalue weighted by Gasteiger charge is 2.51. The van der Waals surface area contributed by atoms with Crippen LogP contribution in [0.3, 0.4) is 0 Å². The first-order chi connectivity index (χ1) is 11.2. The summed E-state index contributed by atoms with van der Waals surface area (Å²) in [6.45, 7) is 3.43. The van der Waals surface area contributed by atoms with Crippen LogP contribution >= 0.6 is 0 Å². The predicted octanol–water partition coefficient (Wildman–Crippen LogP) is -0.555. The summed E-state index contributed by atoms with van der Waals surface area (Å²) in [6, 6.07) is 1.76. The summed E-state index contributed by atoms with van der Waals surface area (Å²) in [6.07, 6.45) is 1.79. The van der Waals surface area contributed by atoms with Crippen LogP contribution in [-0.2, 0) is 17.1 Å². The first-order valence-electron chi connectivity index (χ1n) is 8.02. The maximum absolute atomic E-state index is 12.8. The molecule has 0 aliphatic carbocycles. The standard InChI is InChI=1S/C15H24N4O4S/c1-11-6-13(17(2)16-11)14(21)18-5-4-15(10-20)9-19(24(3,22)23)8-12(15)7-18/h6,12,20H,4-5,7-10H2,1-3H3/t12-,15+/m1/s1. The Bertz CT molecular complexity index is 760. The van der Waals surface area contributed by atoms with Gasteiger partial charge in [-0.05, 0) is 25.3 Å². The highest BCUT2D eigenvalue weighted by molar-refractivity contribution is 7.88. The number of aliphatic hydroxyl groups is 1. The summed E-state index contributed by atoms with van der Waals surface area (Å²) in [4.78, 5) is 14.5. The number of likely N-dealkylation sites (tertiary alicyclic amines) is 1. The molecule has 3 heterocycles. The second-order valence-electron chi connectivity index (χ2n) is 7.07. The van der Waals surface area contributed by atoms with Crippen LogP contribution in [-0.4, -0.2) is 77.5 Å². The van der Waals surface area contributed by atoms with Gasteiger partial charge < -0.3 is 10.0 Å². The smallest absolute Gasteiger partial charge is 0.272 e. The van der Waals surface area contributed by atoms with E-state index in [0.717, 1.165) is 5.69 Å². The van der Waals surface area contributed by atoms with E-state index in [1.807, 2.05) is 6.92 Å². The predicted molar refractivity (Wildman–Crippen MR) is 87.9 cm³/mol. The number of aromatic nitrogens is 2. The Morgan fingerprint density at radius 3 is 2.71 bits per heavy atom. The van der Waals surface area contributed by atoms with E-state index in [1.54, 1.807) is 22.7 Å². The van der Waals surface area contributed by atoms with Crippen molar-refractivity contribution >= 4 is 15.9 Å². The Kier molecular flexibility index (Phi) is 4.21. The molecule has 2 aliphatic heterocycles. The van der Waals surface area contributed by atoms with Crippen molar-refractivity contribution in [2.75, 3.05) is 39.0 Å². The van der Waals surface area contributed by atoms with Crippen molar-refractivity contribution in [3.05, 3.63) is 17.5 Å². The molecule has 1 aromatic rings. The fourth-order valence-electron chi connectivity index (χ4n) is 3.90. The fraction of sp³-hybridized carbons (Fsp3) is 0.733. The number of aliphatic hydroxyl groups excluding tert-OH is 1. The quantitative estimate of drug-likeness (QED) is 0.784. The van der Waals surface area contributed by atoms with Crippen LogP contribution in [0.5, 0.6) is 0 Å². The largest absolute Gasteiger partial charge is 0.396 e. The summed E-state index contributed by atoms with van der Waals surface area (Å²) in [5.41, 5.74) is 0.871. The SMILES string of the molecule is Cc1cc(C(=O)N2CC[C@@]3(CO)CN(S(C)(=O)=O)C[C@H]3C2)n(C)n1. The van der Waals surface area contributed by atoms with Crippen molar-refractivity contribution < 1.29 is 18.3 Å². The lowest BCUT2D eigenvalue weighted by molar-refractivity contribution is 0.0180. The molecule has 3 rings (SSSR count). The number of amides is 1. The van der Waals surface area contributed by atoms with E-state index in [0.29, 0.717) is 38.3 Å². The number of nitrogens with zero attached hydrogens (tertiary/aromatic N) is 4. The Labute approximate surface area is 142 Å². The number of carbonyl (C=O) groups is 1. The minimum absolute atomic E-state index is 0.0516. The van der Waals surface area contributed by atoms with Gasteiger partial charge in [0, 0.05) is 38.6 Å². The molecule has 2 saturated heterocycles. The van der Waals surface area contributed by atoms with Gasteiger partial charge in [0.05, 0.1) is 18.6 Å². The first-order valence-corrected chi connectivity index (χ1v) is 9.87. The van der Waals surface area contributed by atoms with Gasteiger partial charge >= 0.3 is 0 Å². The lowest BCUT2D eigenvalue weighted by atomic mass is 9.73. The second kappa shape index (κ2) is 5.82. The maximum Gasteiger partial charge on any atom is 0.272 e. The van der Waals surface area contributed by atoms with E-state index in [9.17, 15) is 18.3 Å². The van der Waals surface area contributed by atoms with Gasteiger partial charge in [-0.3, -0.25) is 9.48 Å². The Hall–Kier alpha value is -1.45. The maximum atomic E-state index is 12.8. The topological polar surface area (TPSA) is 95.7 Å². The number of carbonyl (C=O) groups excluding carboxylic acids is 1. The minimum atomic E-state index is -3.30. The zero-order valence-electron chi connectivity index (χ0n) is 14.3. The molecule has 0 spiro atoms. The third-order valence-electron chi connectivity index (χ3n) is 5.39. The van der Waals surface area contributed by atoms with Gasteiger partial charge in [-0.1, -0.05) is 0 Å². The molecule has 0 aromatic carbocycles. The molecule has 24 heavy (non-hydrogen) atoms. The second-order valence-corrected chi connectivity index (χ2v) is 9.05. The number of hydrogen-bond acceptors (Lipinski definition) is 5. The van der Waals surface area contributed by atoms with Gasteiger partial charge in [-0.15, -0.1) is 0 Å². The van der Waals surface area contributed by atoms with Gasteiger partial charge in [-0.25, -0.2) is 12.7 Å². The van der Waals surface area contributed by atoms with Gasteiger partial charge in [0.1, 0.15) is 5.69 Å². The molecule has 134 valence electrons. The number of fused-ring (bicyclic) bond motifs is 1. The molecule has 0 radical (unpaired) electrons. The molecule has 1 amide bonds. The van der Waals surface area contributed by atoms with Crippen molar-refractivity contribution in [3.8, 4) is 0 Å². The first kappa shape index (κ1) is 17.4. The minimum Gasteiger partial charge on any atom is -0.396 e. The number of sulfonamides is 1. The van der Waals surface area contributed by atoms with E-state index >= 15 is 0 Å². The molecule has 2 aliphatic rings. The van der Waals surface area contributed by atoms with Gasteiger partial charge in [0.2, 0.25) is 10.0 Å². The van der Waals surface area contributed by atoms with E-state index in [-0.39, 0.29) is 18.4 Å². The molecule has 1 N–H and O–H groups in total. The van der Waals surface area contributed by atoms with Crippen LogP contribution in [0.15, 0.2) is 6.07 Å². The Morgan fingerprint density at radius 1 is 1.46 bits per heavy atom. The van der Waals surface area contributed by atoms with Gasteiger partial charge in [0.25, 0.3) is 5.91 Å². The van der Waals surface area contributed by atoms with Crippen molar-refractivity contribution in [2.45, 2.75) is 13.3 Å². The van der Waals surface area contributed by atoms with E-state index < -0.39 is 15.4 Å². The van der Waals surface area contributed by atoms with Crippen molar-refractivity contribution in [1.29, 1.82) is 0 Å². The summed E-state index contributed by atoms with van der Waals surface area (Å²) in [7, 11) is -1.56. The lowest BCUT2D eigenvalue weighted by Crippen LogP contribution is -2.50. The third kappa shape index (κ3) is 2.84. The zero-order valence-corrected chi connectivity index (χ0v) is 15.1. The van der Waals surface area contributed by atoms with Crippen LogP contribution in [0.2, 0.25) is 0 Å². The van der Waals surface area contributed by atoms with Crippen molar-refractivity contribution in [1.82, 2.24) is 19.0 Å². The molecule has 2 atom stereocenters. The molecule has 2 fully saturated rings. The normalized spacial score (nSPS) is 28.2. The highest BCUT2D eigenvalue weighted by atomic mass is 32.2. The molecule has 9 heteroatoms. The third-order valence-corrected chi connectivity index (χ3v) is 6.61. The molecular weight excluding hydrogens is 332 g/mol. The number of rotatable bonds is 3. The van der Waals surface area contributed by atoms with Crippen molar-refractivity contribution in [3.63, 3.8) is 0 Å². The van der Waals surface area contributed by atoms with Crippen LogP contribution in [0, 0.1) is 18.3 Å². The lowest BCUT2D eigenvalue weighted by Gasteiger charge is -2.42. The van der Waals surface area contributed by atoms with Crippen LogP contribution in [0.4, 0.5) is 0 Å². The van der Waals surface area contributed by atoms with Crippen LogP contribution in [0.1, 0.15) is 22.6 Å². The molecule has 0 bridgehead atoms.